The largest absolute Gasteiger partial charge is 0.459 e. The van der Waals surface area contributed by atoms with Gasteiger partial charge in [0.2, 0.25) is 0 Å². The number of hydrogen-bond acceptors (Lipinski definition) is 3. The number of ether oxygens (including phenoxy) is 1. The fourth-order valence-electron chi connectivity index (χ4n) is 3.85. The first kappa shape index (κ1) is 20.3. The minimum absolute atomic E-state index is 0.173. The van der Waals surface area contributed by atoms with E-state index in [2.05, 4.69) is 24.3 Å². The molecule has 0 unspecified atom stereocenters. The molecule has 28 heavy (non-hydrogen) atoms. The summed E-state index contributed by atoms with van der Waals surface area (Å²) in [6, 6.07) is 20.4. The van der Waals surface area contributed by atoms with Crippen molar-refractivity contribution in [3.8, 4) is 0 Å². The Labute approximate surface area is 168 Å². The van der Waals surface area contributed by atoms with Crippen LogP contribution in [0.2, 0.25) is 0 Å². The molecule has 0 heterocycles. The Balaban J connectivity index is 1.57. The lowest BCUT2D eigenvalue weighted by molar-refractivity contribution is -0.167. The normalized spacial score (nSPS) is 21.9. The first-order valence-corrected chi connectivity index (χ1v) is 10.3. The minimum atomic E-state index is -1.60. The molecule has 0 aliphatic heterocycles. The topological polar surface area (TPSA) is 46.5 Å². The number of benzene rings is 2. The van der Waals surface area contributed by atoms with Crippen molar-refractivity contribution in [2.24, 2.45) is 0 Å². The average molecular weight is 379 g/mol. The third-order valence-corrected chi connectivity index (χ3v) is 5.49. The average Bonchev–Trinajstić information content (AvgIpc) is 2.73. The maximum atomic E-state index is 12.7. The van der Waals surface area contributed by atoms with Gasteiger partial charge in [-0.3, -0.25) is 0 Å². The molecule has 3 atom stereocenters. The summed E-state index contributed by atoms with van der Waals surface area (Å²) in [6.45, 7) is 1.51. The second-order valence-corrected chi connectivity index (χ2v) is 7.82. The smallest absolute Gasteiger partial charge is 0.342 e. The van der Waals surface area contributed by atoms with E-state index in [-0.39, 0.29) is 12.0 Å². The quantitative estimate of drug-likeness (QED) is 0.532. The Morgan fingerprint density at radius 2 is 1.71 bits per heavy atom. The van der Waals surface area contributed by atoms with Crippen LogP contribution >= 0.6 is 0 Å². The molecule has 0 radical (unpaired) electrons. The van der Waals surface area contributed by atoms with E-state index in [9.17, 15) is 9.90 Å². The molecule has 3 nitrogen and oxygen atoms in total. The van der Waals surface area contributed by atoms with Crippen molar-refractivity contribution in [3.63, 3.8) is 0 Å². The number of hydrogen-bond donors (Lipinski definition) is 1. The van der Waals surface area contributed by atoms with Crippen molar-refractivity contribution < 1.29 is 14.6 Å². The van der Waals surface area contributed by atoms with Gasteiger partial charge in [0.1, 0.15) is 6.10 Å². The molecule has 0 saturated heterocycles. The van der Waals surface area contributed by atoms with E-state index >= 15 is 0 Å². The molecule has 1 aliphatic rings. The maximum absolute atomic E-state index is 12.7. The molecular formula is C25H30O3. The molecule has 0 bridgehead atoms. The highest BCUT2D eigenvalue weighted by molar-refractivity contribution is 5.81. The van der Waals surface area contributed by atoms with E-state index in [0.29, 0.717) is 0 Å². The molecule has 1 N–H and O–H groups in total. The number of aryl methyl sites for hydroxylation is 1. The van der Waals surface area contributed by atoms with Crippen LogP contribution in [0.25, 0.3) is 0 Å². The molecule has 2 aromatic carbocycles. The Kier molecular flexibility index (Phi) is 7.05. The highest BCUT2D eigenvalue weighted by Crippen LogP contribution is 2.35. The molecule has 1 aliphatic carbocycles. The Bertz CT molecular complexity index is 765. The van der Waals surface area contributed by atoms with E-state index < -0.39 is 11.6 Å². The van der Waals surface area contributed by atoms with E-state index in [4.69, 9.17) is 4.74 Å². The summed E-state index contributed by atoms with van der Waals surface area (Å²) in [5.41, 5.74) is 0.843. The van der Waals surface area contributed by atoms with E-state index in [1.807, 2.05) is 42.5 Å². The summed E-state index contributed by atoms with van der Waals surface area (Å²) in [7, 11) is 0. The van der Waals surface area contributed by atoms with E-state index in [1.165, 1.54) is 18.1 Å². The second kappa shape index (κ2) is 9.70. The van der Waals surface area contributed by atoms with Crippen LogP contribution in [-0.2, 0) is 16.0 Å². The van der Waals surface area contributed by atoms with Gasteiger partial charge in [0.15, 0.2) is 5.60 Å². The van der Waals surface area contributed by atoms with Gasteiger partial charge in [-0.25, -0.2) is 4.79 Å². The van der Waals surface area contributed by atoms with Crippen molar-refractivity contribution in [3.05, 3.63) is 83.9 Å². The molecule has 0 amide bonds. The number of carbonyl (C=O) groups is 1. The molecular weight excluding hydrogens is 348 g/mol. The molecule has 0 spiro atoms. The molecule has 0 aromatic heterocycles. The number of rotatable bonds is 7. The van der Waals surface area contributed by atoms with Crippen molar-refractivity contribution in [2.75, 3.05) is 0 Å². The van der Waals surface area contributed by atoms with Crippen LogP contribution in [0.15, 0.2) is 72.8 Å². The van der Waals surface area contributed by atoms with Gasteiger partial charge in [0.05, 0.1) is 0 Å². The predicted molar refractivity (Wildman–Crippen MR) is 112 cm³/mol. The summed E-state index contributed by atoms with van der Waals surface area (Å²) < 4.78 is 5.80. The van der Waals surface area contributed by atoms with Crippen LogP contribution in [0.3, 0.4) is 0 Å². The van der Waals surface area contributed by atoms with Gasteiger partial charge >= 0.3 is 5.97 Å². The zero-order valence-electron chi connectivity index (χ0n) is 16.6. The number of carbonyl (C=O) groups excluding carboxylic acids is 1. The predicted octanol–water partition coefficient (Wildman–Crippen LogP) is 5.20. The highest BCUT2D eigenvalue weighted by atomic mass is 16.6. The van der Waals surface area contributed by atoms with Crippen molar-refractivity contribution >= 4 is 5.97 Å². The van der Waals surface area contributed by atoms with Gasteiger partial charge < -0.3 is 9.84 Å². The summed E-state index contributed by atoms with van der Waals surface area (Å²) >= 11 is 0. The van der Waals surface area contributed by atoms with Gasteiger partial charge in [-0.1, -0.05) is 73.2 Å². The molecule has 3 heteroatoms. The molecule has 148 valence electrons. The van der Waals surface area contributed by atoms with Crippen LogP contribution < -0.4 is 0 Å². The van der Waals surface area contributed by atoms with Crippen LogP contribution in [0.4, 0.5) is 0 Å². The molecule has 3 rings (SSSR count). The lowest BCUT2D eigenvalue weighted by Gasteiger charge is -2.33. The zero-order valence-corrected chi connectivity index (χ0v) is 16.6. The lowest BCUT2D eigenvalue weighted by Crippen LogP contribution is -2.39. The number of esters is 1. The summed E-state index contributed by atoms with van der Waals surface area (Å²) in [4.78, 5) is 12.7. The van der Waals surface area contributed by atoms with Crippen molar-refractivity contribution in [1.82, 2.24) is 0 Å². The Morgan fingerprint density at radius 1 is 1.07 bits per heavy atom. The standard InChI is InChI=1S/C25H30O3/c1-25(27,19-11-10-14-20-12-4-2-5-13-20)24(26)28-23-18-9-8-17-22(23)21-15-6-3-7-16-21/h2-7,11-13,15-16,19,22-23,27H,8-10,14,17-18H2,1H3/t22-,23+,25+/m0/s1. The van der Waals surface area contributed by atoms with Crippen LogP contribution in [0.1, 0.15) is 56.1 Å². The number of aliphatic hydroxyl groups is 1. The minimum Gasteiger partial charge on any atom is -0.459 e. The van der Waals surface area contributed by atoms with E-state index in [1.54, 1.807) is 6.08 Å². The van der Waals surface area contributed by atoms with Crippen LogP contribution in [0, 0.1) is 0 Å². The van der Waals surface area contributed by atoms with Crippen LogP contribution in [0.5, 0.6) is 0 Å². The van der Waals surface area contributed by atoms with Crippen molar-refractivity contribution in [1.29, 1.82) is 0 Å². The monoisotopic (exact) mass is 378 g/mol. The SMILES string of the molecule is C[C@@](O)(C=CCCc1ccccc1)C(=O)O[C@@H]1CCCC[C@H]1c1ccccc1. The first-order valence-electron chi connectivity index (χ1n) is 10.3. The second-order valence-electron chi connectivity index (χ2n) is 7.82. The van der Waals surface area contributed by atoms with Gasteiger partial charge in [-0.05, 0) is 56.2 Å². The van der Waals surface area contributed by atoms with Gasteiger partial charge in [-0.2, -0.15) is 0 Å². The maximum Gasteiger partial charge on any atom is 0.342 e. The number of allylic oxidation sites excluding steroid dienone is 1. The molecule has 2 aromatic rings. The van der Waals surface area contributed by atoms with Gasteiger partial charge in [0.25, 0.3) is 0 Å². The lowest BCUT2D eigenvalue weighted by atomic mass is 9.81. The van der Waals surface area contributed by atoms with Gasteiger partial charge in [-0.15, -0.1) is 0 Å². The first-order chi connectivity index (χ1) is 13.6. The van der Waals surface area contributed by atoms with E-state index in [0.717, 1.165) is 38.5 Å². The third kappa shape index (κ3) is 5.56. The molecule has 1 saturated carbocycles. The van der Waals surface area contributed by atoms with Crippen molar-refractivity contribution in [2.45, 2.75) is 63.1 Å². The highest BCUT2D eigenvalue weighted by Gasteiger charge is 2.35. The Morgan fingerprint density at radius 3 is 2.43 bits per heavy atom. The molecule has 1 fully saturated rings. The third-order valence-electron chi connectivity index (χ3n) is 5.49. The zero-order chi connectivity index (χ0) is 19.8. The summed E-state index contributed by atoms with van der Waals surface area (Å²) in [6.07, 6.45) is 8.95. The fraction of sp³-hybridized carbons (Fsp3) is 0.400. The fourth-order valence-corrected chi connectivity index (χ4v) is 3.85. The summed E-state index contributed by atoms with van der Waals surface area (Å²) in [5.74, 6) is -0.354. The summed E-state index contributed by atoms with van der Waals surface area (Å²) in [5, 5.41) is 10.6. The van der Waals surface area contributed by atoms with Crippen LogP contribution in [-0.4, -0.2) is 22.8 Å². The van der Waals surface area contributed by atoms with Gasteiger partial charge in [0, 0.05) is 5.92 Å². The Hall–Kier alpha value is -2.39.